The Labute approximate surface area is 256 Å². The van der Waals surface area contributed by atoms with Gasteiger partial charge in [-0.1, -0.05) is 17.3 Å². The summed E-state index contributed by atoms with van der Waals surface area (Å²) in [6.07, 6.45) is -25.0. The quantitative estimate of drug-likeness (QED) is 0.239. The first-order valence-electron chi connectivity index (χ1n) is 12.5. The number of halogens is 12. The normalized spacial score (nSPS) is 16.9. The zero-order valence-corrected chi connectivity index (χ0v) is 23.6. The van der Waals surface area contributed by atoms with E-state index in [9.17, 15) is 66.5 Å². The van der Waals surface area contributed by atoms with Crippen molar-refractivity contribution >= 4 is 38.1 Å². The fourth-order valence-corrected chi connectivity index (χ4v) is 4.75. The van der Waals surface area contributed by atoms with Crippen molar-refractivity contribution in [3.05, 3.63) is 64.7 Å². The molecule has 8 nitrogen and oxygen atoms in total. The molecule has 3 rings (SSSR count). The topological polar surface area (TPSA) is 121 Å². The summed E-state index contributed by atoms with van der Waals surface area (Å²) in [6.45, 7) is -0.899. The van der Waals surface area contributed by atoms with Crippen LogP contribution in [0.4, 0.5) is 58.4 Å². The van der Waals surface area contributed by atoms with Gasteiger partial charge in [0.1, 0.15) is 15.0 Å². The number of nitrogens with zero attached hydrogens (tertiary/aromatic N) is 3. The Hall–Kier alpha value is -4.61. The van der Waals surface area contributed by atoms with Crippen LogP contribution < -0.4 is 5.32 Å². The first kappa shape index (κ1) is 36.9. The minimum absolute atomic E-state index is 0.125. The molecule has 21 heteroatoms. The predicted octanol–water partition coefficient (Wildman–Crippen LogP) is 6.78. The van der Waals surface area contributed by atoms with Crippen LogP contribution in [0.5, 0.6) is 0 Å². The van der Waals surface area contributed by atoms with Crippen LogP contribution in [0.2, 0.25) is 0 Å². The van der Waals surface area contributed by atoms with Gasteiger partial charge in [0, 0.05) is 24.1 Å². The van der Waals surface area contributed by atoms with Gasteiger partial charge in [-0.05, 0) is 35.9 Å². The van der Waals surface area contributed by atoms with E-state index in [-0.39, 0.29) is 29.4 Å². The molecular weight excluding hydrogens is 692 g/mol. The minimum atomic E-state index is -5.58. The summed E-state index contributed by atoms with van der Waals surface area (Å²) in [5.74, 6) is -3.37. The second-order valence-electron chi connectivity index (χ2n) is 9.49. The van der Waals surface area contributed by atoms with E-state index in [1.54, 1.807) is 0 Å². The largest absolute Gasteiger partial charge is 0.450 e. The number of anilines is 1. The van der Waals surface area contributed by atoms with Gasteiger partial charge in [-0.15, -0.1) is 0 Å². The molecule has 254 valence electrons. The average Bonchev–Trinajstić information content (AvgIpc) is 3.42. The van der Waals surface area contributed by atoms with Crippen LogP contribution in [0.3, 0.4) is 0 Å². The van der Waals surface area contributed by atoms with Gasteiger partial charge in [0.05, 0.1) is 35.9 Å². The summed E-state index contributed by atoms with van der Waals surface area (Å²) in [7, 11) is -2.66. The summed E-state index contributed by atoms with van der Waals surface area (Å²) in [6, 6.07) is 5.05. The van der Waals surface area contributed by atoms with Crippen molar-refractivity contribution in [2.75, 3.05) is 11.9 Å². The highest BCUT2D eigenvalue weighted by molar-refractivity contribution is 7.77. The number of alkyl halides is 12. The molecule has 0 spiro atoms. The SMILES string of the molecule is N#CCC(C(=O)Nc1ccc(C2=NOC(c3cc(C(F)(F)F)cc(C(F)(F)F)c3)(C(F)(F)F)C2)cc1)=S(=O)=NCCC(=O)C(F)(F)F. The molecule has 47 heavy (non-hydrogen) atoms. The molecule has 0 aliphatic carbocycles. The van der Waals surface area contributed by atoms with Crippen LogP contribution >= 0.6 is 0 Å². The number of hydrogen-bond donors (Lipinski definition) is 1. The third kappa shape index (κ3) is 8.60. The Morgan fingerprint density at radius 2 is 1.49 bits per heavy atom. The molecule has 1 aliphatic rings. The number of oxime groups is 1. The number of nitrogens with one attached hydrogen (secondary N) is 1. The lowest BCUT2D eigenvalue weighted by Gasteiger charge is -2.30. The lowest BCUT2D eigenvalue weighted by Crippen LogP contribution is -2.43. The third-order valence-corrected chi connectivity index (χ3v) is 7.45. The molecule has 1 heterocycles. The van der Waals surface area contributed by atoms with Gasteiger partial charge < -0.3 is 10.2 Å². The summed E-state index contributed by atoms with van der Waals surface area (Å²) in [5.41, 5.74) is -10.2. The van der Waals surface area contributed by atoms with Crippen LogP contribution in [0.25, 0.3) is 0 Å². The molecule has 2 aromatic rings. The number of amides is 1. The van der Waals surface area contributed by atoms with Gasteiger partial charge in [-0.3, -0.25) is 9.59 Å². The van der Waals surface area contributed by atoms with Gasteiger partial charge >= 0.3 is 24.7 Å². The number of Topliss-reactive ketones (excluding diaryl/α,β-unsaturated/α-hetero) is 1. The van der Waals surface area contributed by atoms with Crippen molar-refractivity contribution in [1.29, 1.82) is 5.26 Å². The standard InChI is InChI=1S/C26H16F12N4O4S/c27-23(28,29)15-9-14(10-16(11-15)24(30,31)32)22(26(36,37)38)12-18(42-46-22)13-1-3-17(4-2-13)41-21(44)19(5-7-39)47(45)40-8-6-20(43)25(33,34)35/h1-4,9-11H,5-6,8,12H2,(H,41,44). The number of carbonyl (C=O) groups excluding carboxylic acids is 2. The predicted molar refractivity (Wildman–Crippen MR) is 138 cm³/mol. The fourth-order valence-electron chi connectivity index (χ4n) is 3.94. The molecule has 0 saturated carbocycles. The van der Waals surface area contributed by atoms with E-state index in [1.165, 1.54) is 6.07 Å². The molecule has 0 radical (unpaired) electrons. The van der Waals surface area contributed by atoms with Gasteiger partial charge in [0.15, 0.2) is 0 Å². The second kappa shape index (κ2) is 13.2. The van der Waals surface area contributed by atoms with Crippen molar-refractivity contribution in [1.82, 2.24) is 0 Å². The molecule has 1 aliphatic heterocycles. The Morgan fingerprint density at radius 1 is 0.936 bits per heavy atom. The highest BCUT2D eigenvalue weighted by atomic mass is 32.2. The smallest absolute Gasteiger partial charge is 0.374 e. The Morgan fingerprint density at radius 3 is 1.96 bits per heavy atom. The van der Waals surface area contributed by atoms with Crippen molar-refractivity contribution in [2.24, 2.45) is 9.52 Å². The average molecular weight is 708 g/mol. The van der Waals surface area contributed by atoms with E-state index in [1.807, 2.05) is 0 Å². The molecule has 0 saturated heterocycles. The third-order valence-electron chi connectivity index (χ3n) is 6.28. The first-order valence-corrected chi connectivity index (χ1v) is 13.6. The maximum absolute atomic E-state index is 14.3. The molecule has 0 bridgehead atoms. The maximum Gasteiger partial charge on any atom is 0.450 e. The zero-order chi connectivity index (χ0) is 35.6. The highest BCUT2D eigenvalue weighted by Gasteiger charge is 2.63. The number of benzene rings is 2. The van der Waals surface area contributed by atoms with Crippen LogP contribution in [0.1, 0.15) is 41.5 Å². The Bertz CT molecular complexity index is 1740. The van der Waals surface area contributed by atoms with Gasteiger partial charge in [0.25, 0.3) is 11.5 Å². The number of nitriles is 1. The van der Waals surface area contributed by atoms with E-state index in [0.717, 1.165) is 24.3 Å². The van der Waals surface area contributed by atoms with Gasteiger partial charge in [-0.25, -0.2) is 8.57 Å². The Kier molecular flexibility index (Phi) is 10.4. The van der Waals surface area contributed by atoms with Crippen LogP contribution in [-0.4, -0.2) is 45.4 Å². The molecule has 2 aromatic carbocycles. The monoisotopic (exact) mass is 708 g/mol. The maximum atomic E-state index is 14.3. The van der Waals surface area contributed by atoms with Crippen molar-refractivity contribution in [3.63, 3.8) is 0 Å². The molecule has 1 N–H and O–H groups in total. The summed E-state index contributed by atoms with van der Waals surface area (Å²) in [4.78, 5) is 27.3. The molecule has 0 fully saturated rings. The second-order valence-corrected chi connectivity index (χ2v) is 10.7. The summed E-state index contributed by atoms with van der Waals surface area (Å²) >= 11 is 0. The van der Waals surface area contributed by atoms with Gasteiger partial charge in [0.2, 0.25) is 5.78 Å². The van der Waals surface area contributed by atoms with Crippen LogP contribution in [0, 0.1) is 11.3 Å². The molecule has 1 unspecified atom stereocenters. The lowest BCUT2D eigenvalue weighted by molar-refractivity contribution is -0.276. The number of rotatable bonds is 8. The number of carbonyl (C=O) groups is 2. The Balaban J connectivity index is 1.88. The minimum Gasteiger partial charge on any atom is -0.374 e. The molecule has 1 atom stereocenters. The van der Waals surface area contributed by atoms with Crippen molar-refractivity contribution in [2.45, 2.75) is 49.6 Å². The number of ketones is 1. The van der Waals surface area contributed by atoms with Crippen LogP contribution in [-0.2, 0) is 42.6 Å². The van der Waals surface area contributed by atoms with E-state index < -0.39 is 105 Å². The van der Waals surface area contributed by atoms with Crippen molar-refractivity contribution in [3.8, 4) is 6.07 Å². The summed E-state index contributed by atoms with van der Waals surface area (Å²) < 4.78 is 175. The zero-order valence-electron chi connectivity index (χ0n) is 22.8. The number of hydrogen-bond acceptors (Lipinski definition) is 7. The molecule has 1 amide bonds. The molecule has 0 aromatic heterocycles. The summed E-state index contributed by atoms with van der Waals surface area (Å²) in [5, 5.41) is 14.4. The highest BCUT2D eigenvalue weighted by Crippen LogP contribution is 2.51. The van der Waals surface area contributed by atoms with Crippen molar-refractivity contribution < 1.29 is 71.3 Å². The fraction of sp³-hybridized carbons (Fsp3) is 0.346. The lowest BCUT2D eigenvalue weighted by atomic mass is 9.84. The van der Waals surface area contributed by atoms with Gasteiger partial charge in [-0.2, -0.15) is 57.9 Å². The van der Waals surface area contributed by atoms with E-state index in [2.05, 4.69) is 19.7 Å². The van der Waals surface area contributed by atoms with E-state index in [4.69, 9.17) is 5.26 Å². The molecular formula is C26H16F12N4O4S. The first-order chi connectivity index (χ1) is 21.5. The van der Waals surface area contributed by atoms with E-state index in [0.29, 0.717) is 0 Å². The van der Waals surface area contributed by atoms with E-state index >= 15 is 0 Å². The van der Waals surface area contributed by atoms with Crippen LogP contribution in [0.15, 0.2) is 52.0 Å².